The first-order valence-corrected chi connectivity index (χ1v) is 9.90. The zero-order valence-corrected chi connectivity index (χ0v) is 17.5. The average molecular weight is 417 g/mol. The van der Waals surface area contributed by atoms with Gasteiger partial charge in [-0.2, -0.15) is 0 Å². The Morgan fingerprint density at radius 1 is 1.07 bits per heavy atom. The van der Waals surface area contributed by atoms with Crippen LogP contribution in [0.5, 0.6) is 5.75 Å². The number of hydrogen-bond donors (Lipinski definition) is 0. The summed E-state index contributed by atoms with van der Waals surface area (Å²) in [7, 11) is 3.16. The molecule has 0 radical (unpaired) electrons. The number of anilines is 1. The normalized spacial score (nSPS) is 14.7. The molecule has 0 unspecified atom stereocenters. The highest BCUT2D eigenvalue weighted by molar-refractivity contribution is 5.44. The summed E-state index contributed by atoms with van der Waals surface area (Å²) in [6.07, 6.45) is 0.834. The minimum absolute atomic E-state index is 0.0917. The molecule has 0 saturated carbocycles. The first kappa shape index (κ1) is 21.6. The van der Waals surface area contributed by atoms with Crippen LogP contribution in [0.2, 0.25) is 0 Å². The molecule has 0 N–H and O–H groups in total. The summed E-state index contributed by atoms with van der Waals surface area (Å²) in [5, 5.41) is 10.9. The molecule has 10 heteroatoms. The van der Waals surface area contributed by atoms with Crippen molar-refractivity contribution in [2.75, 3.05) is 44.2 Å². The number of rotatable bonds is 7. The zero-order valence-electron chi connectivity index (χ0n) is 17.5. The monoisotopic (exact) mass is 417 g/mol. The molecule has 1 aliphatic heterocycles. The Labute approximate surface area is 174 Å². The van der Waals surface area contributed by atoms with E-state index in [1.165, 1.54) is 23.7 Å². The number of nitrogens with zero attached hydrogens (tertiary/aromatic N) is 5. The average Bonchev–Trinajstić information content (AvgIpc) is 2.72. The van der Waals surface area contributed by atoms with Gasteiger partial charge in [0.05, 0.1) is 11.5 Å². The lowest BCUT2D eigenvalue weighted by Crippen LogP contribution is -2.49. The number of nitro benzene ring substituents is 1. The third-order valence-corrected chi connectivity index (χ3v) is 5.45. The second-order valence-electron chi connectivity index (χ2n) is 7.48. The quantitative estimate of drug-likeness (QED) is 0.374. The van der Waals surface area contributed by atoms with E-state index in [9.17, 15) is 19.7 Å². The van der Waals surface area contributed by atoms with Gasteiger partial charge >= 0.3 is 5.69 Å². The molecule has 1 aromatic carbocycles. The molecule has 30 heavy (non-hydrogen) atoms. The highest BCUT2D eigenvalue weighted by Crippen LogP contribution is 2.23. The van der Waals surface area contributed by atoms with Crippen LogP contribution < -0.4 is 20.9 Å². The number of hydrogen-bond acceptors (Lipinski definition) is 7. The molecule has 0 atom stereocenters. The fraction of sp³-hybridized carbons (Fsp3) is 0.500. The third-order valence-electron chi connectivity index (χ3n) is 5.45. The van der Waals surface area contributed by atoms with Gasteiger partial charge < -0.3 is 9.64 Å². The van der Waals surface area contributed by atoms with Gasteiger partial charge in [-0.1, -0.05) is 0 Å². The molecule has 0 amide bonds. The molecule has 1 aliphatic rings. The molecular formula is C20H27N5O5. The Morgan fingerprint density at radius 3 is 2.40 bits per heavy atom. The van der Waals surface area contributed by atoms with Crippen LogP contribution in [0.4, 0.5) is 11.5 Å². The summed E-state index contributed by atoms with van der Waals surface area (Å²) in [4.78, 5) is 38.9. The predicted molar refractivity (Wildman–Crippen MR) is 114 cm³/mol. The maximum Gasteiger partial charge on any atom is 0.332 e. The number of benzene rings is 1. The van der Waals surface area contributed by atoms with E-state index in [0.29, 0.717) is 23.7 Å². The van der Waals surface area contributed by atoms with Gasteiger partial charge in [-0.25, -0.2) is 4.79 Å². The van der Waals surface area contributed by atoms with Crippen LogP contribution >= 0.6 is 0 Å². The molecule has 3 rings (SSSR count). The van der Waals surface area contributed by atoms with Crippen LogP contribution in [0.25, 0.3) is 0 Å². The van der Waals surface area contributed by atoms with Crippen LogP contribution in [-0.4, -0.2) is 58.3 Å². The summed E-state index contributed by atoms with van der Waals surface area (Å²) in [6, 6.07) is 6.29. The summed E-state index contributed by atoms with van der Waals surface area (Å²) < 4.78 is 8.34. The molecule has 0 spiro atoms. The van der Waals surface area contributed by atoms with Crippen molar-refractivity contribution in [3.8, 4) is 5.75 Å². The highest BCUT2D eigenvalue weighted by Gasteiger charge is 2.20. The Balaban J connectivity index is 1.46. The Kier molecular flexibility index (Phi) is 6.56. The lowest BCUT2D eigenvalue weighted by molar-refractivity contribution is -0.385. The van der Waals surface area contributed by atoms with Gasteiger partial charge in [-0.05, 0) is 25.5 Å². The standard InChI is InChI=1S/C20H27N5O5/c1-15-13-16(5-6-17(15)25(28)29)30-12-4-7-23-8-10-24(11-9-23)18-14-19(26)22(3)20(27)21(18)2/h5-6,13-14H,4,7-12H2,1-3H3. The molecular weight excluding hydrogens is 390 g/mol. The van der Waals surface area contributed by atoms with Crippen molar-refractivity contribution in [2.45, 2.75) is 13.3 Å². The Morgan fingerprint density at radius 2 is 1.77 bits per heavy atom. The molecule has 1 fully saturated rings. The van der Waals surface area contributed by atoms with Crippen LogP contribution in [0, 0.1) is 17.0 Å². The van der Waals surface area contributed by atoms with E-state index >= 15 is 0 Å². The maximum atomic E-state index is 12.1. The van der Waals surface area contributed by atoms with Gasteiger partial charge in [0.25, 0.3) is 11.2 Å². The lowest BCUT2D eigenvalue weighted by Gasteiger charge is -2.36. The smallest absolute Gasteiger partial charge is 0.332 e. The first-order chi connectivity index (χ1) is 14.3. The van der Waals surface area contributed by atoms with Gasteiger partial charge in [0.15, 0.2) is 0 Å². The second kappa shape index (κ2) is 9.12. The summed E-state index contributed by atoms with van der Waals surface area (Å²) >= 11 is 0. The van der Waals surface area contributed by atoms with Crippen molar-refractivity contribution in [3.63, 3.8) is 0 Å². The lowest BCUT2D eigenvalue weighted by atomic mass is 10.2. The largest absolute Gasteiger partial charge is 0.494 e. The highest BCUT2D eigenvalue weighted by atomic mass is 16.6. The minimum Gasteiger partial charge on any atom is -0.494 e. The second-order valence-corrected chi connectivity index (χ2v) is 7.48. The number of nitro groups is 1. The molecule has 10 nitrogen and oxygen atoms in total. The summed E-state index contributed by atoms with van der Waals surface area (Å²) in [5.41, 5.74) is 0.0560. The van der Waals surface area contributed by atoms with Gasteiger partial charge in [0.2, 0.25) is 0 Å². The van der Waals surface area contributed by atoms with Crippen molar-refractivity contribution in [1.29, 1.82) is 0 Å². The SMILES string of the molecule is Cc1cc(OCCCN2CCN(c3cc(=O)n(C)c(=O)n3C)CC2)ccc1[N+](=O)[O-]. The molecule has 2 aromatic rings. The van der Waals surface area contributed by atoms with E-state index in [2.05, 4.69) is 9.80 Å². The first-order valence-electron chi connectivity index (χ1n) is 9.90. The predicted octanol–water partition coefficient (Wildman–Crippen LogP) is 0.892. The van der Waals surface area contributed by atoms with Gasteiger partial charge in [0, 0.05) is 64.5 Å². The minimum atomic E-state index is -0.399. The molecule has 162 valence electrons. The number of piperazine rings is 1. The van der Waals surface area contributed by atoms with Crippen molar-refractivity contribution < 1.29 is 9.66 Å². The van der Waals surface area contributed by atoms with E-state index in [-0.39, 0.29) is 16.9 Å². The number of aryl methyl sites for hydroxylation is 1. The van der Waals surface area contributed by atoms with Crippen molar-refractivity contribution in [2.24, 2.45) is 14.1 Å². The van der Waals surface area contributed by atoms with Gasteiger partial charge in [0.1, 0.15) is 11.6 Å². The topological polar surface area (TPSA) is 103 Å². The molecule has 1 saturated heterocycles. The molecule has 0 bridgehead atoms. The third kappa shape index (κ3) is 4.70. The summed E-state index contributed by atoms with van der Waals surface area (Å²) in [5.74, 6) is 1.29. The number of ether oxygens (including phenoxy) is 1. The molecule has 1 aromatic heterocycles. The summed E-state index contributed by atoms with van der Waals surface area (Å²) in [6.45, 7) is 6.24. The van der Waals surface area contributed by atoms with Crippen molar-refractivity contribution >= 4 is 11.5 Å². The van der Waals surface area contributed by atoms with Crippen LogP contribution in [0.15, 0.2) is 33.9 Å². The fourth-order valence-corrected chi connectivity index (χ4v) is 3.63. The van der Waals surface area contributed by atoms with Crippen molar-refractivity contribution in [1.82, 2.24) is 14.0 Å². The van der Waals surface area contributed by atoms with E-state index < -0.39 is 4.92 Å². The fourth-order valence-electron chi connectivity index (χ4n) is 3.63. The van der Waals surface area contributed by atoms with Crippen LogP contribution in [0.1, 0.15) is 12.0 Å². The van der Waals surface area contributed by atoms with Crippen molar-refractivity contribution in [3.05, 3.63) is 60.8 Å². The number of aromatic nitrogens is 2. The Bertz CT molecular complexity index is 1040. The van der Waals surface area contributed by atoms with Gasteiger partial charge in [-0.3, -0.25) is 28.9 Å². The molecule has 0 aliphatic carbocycles. The maximum absolute atomic E-state index is 12.1. The van der Waals surface area contributed by atoms with Gasteiger partial charge in [-0.15, -0.1) is 0 Å². The molecule has 2 heterocycles. The van der Waals surface area contributed by atoms with E-state index in [1.54, 1.807) is 26.1 Å². The van der Waals surface area contributed by atoms with Crippen LogP contribution in [-0.2, 0) is 14.1 Å². The van der Waals surface area contributed by atoms with E-state index in [1.807, 2.05) is 0 Å². The van der Waals surface area contributed by atoms with E-state index in [0.717, 1.165) is 43.7 Å². The van der Waals surface area contributed by atoms with E-state index in [4.69, 9.17) is 4.74 Å². The Hall–Kier alpha value is -3.14. The zero-order chi connectivity index (χ0) is 21.8. The van der Waals surface area contributed by atoms with Crippen LogP contribution in [0.3, 0.4) is 0 Å².